The molecule has 1 heterocycles. The molecule has 0 fully saturated rings. The van der Waals surface area contributed by atoms with Crippen molar-refractivity contribution in [1.82, 2.24) is 15.0 Å². The molecule has 1 aromatic carbocycles. The first-order valence-corrected chi connectivity index (χ1v) is 7.48. The molecule has 2 rings (SSSR count). The number of urea groups is 1. The summed E-state index contributed by atoms with van der Waals surface area (Å²) >= 11 is 0. The van der Waals surface area contributed by atoms with Crippen LogP contribution in [-0.2, 0) is 0 Å². The Morgan fingerprint density at radius 2 is 1.79 bits per heavy atom. The molecule has 128 valence electrons. The third-order valence-corrected chi connectivity index (χ3v) is 2.79. The van der Waals surface area contributed by atoms with E-state index in [0.717, 1.165) is 5.56 Å². The lowest BCUT2D eigenvalue weighted by molar-refractivity contribution is 0.262. The van der Waals surface area contributed by atoms with Crippen LogP contribution in [0.2, 0.25) is 0 Å². The van der Waals surface area contributed by atoms with E-state index in [9.17, 15) is 4.79 Å². The molecule has 0 bridgehead atoms. The van der Waals surface area contributed by atoms with Gasteiger partial charge in [0.05, 0.1) is 7.11 Å². The Morgan fingerprint density at radius 1 is 1.08 bits per heavy atom. The Morgan fingerprint density at radius 3 is 2.42 bits per heavy atom. The number of amides is 2. The highest BCUT2D eigenvalue weighted by Gasteiger charge is 2.15. The molecule has 0 atom stereocenters. The molecule has 24 heavy (non-hydrogen) atoms. The maximum absolute atomic E-state index is 12.1. The lowest BCUT2D eigenvalue weighted by Crippen LogP contribution is -2.28. The van der Waals surface area contributed by atoms with Gasteiger partial charge in [-0.2, -0.15) is 15.0 Å². The summed E-state index contributed by atoms with van der Waals surface area (Å²) in [5, 5.41) is 8.42. The standard InChI is InChI=1S/C16H22N6O2/c1-10-7-6-8-11(9-10)17-14(23)19-12-18-13(22-16(2,3)4)21-15(20-12)24-5/h6-9H,1-5H3,(H3,17,18,19,20,21,22,23). The van der Waals surface area contributed by atoms with Crippen molar-refractivity contribution < 1.29 is 9.53 Å². The number of methoxy groups -OCH3 is 1. The zero-order valence-electron chi connectivity index (χ0n) is 14.5. The van der Waals surface area contributed by atoms with Crippen LogP contribution in [0.1, 0.15) is 26.3 Å². The number of aryl methyl sites for hydroxylation is 1. The Balaban J connectivity index is 2.13. The van der Waals surface area contributed by atoms with E-state index in [1.54, 1.807) is 6.07 Å². The van der Waals surface area contributed by atoms with E-state index in [2.05, 4.69) is 30.9 Å². The Kier molecular flexibility index (Phi) is 5.18. The van der Waals surface area contributed by atoms with Crippen LogP contribution in [0.3, 0.4) is 0 Å². The quantitative estimate of drug-likeness (QED) is 0.796. The van der Waals surface area contributed by atoms with Crippen LogP contribution < -0.4 is 20.7 Å². The molecule has 0 aliphatic carbocycles. The minimum absolute atomic E-state index is 0.0961. The van der Waals surface area contributed by atoms with Crippen LogP contribution in [0.15, 0.2) is 24.3 Å². The van der Waals surface area contributed by atoms with Crippen LogP contribution >= 0.6 is 0 Å². The topological polar surface area (TPSA) is 101 Å². The number of aromatic nitrogens is 3. The lowest BCUT2D eigenvalue weighted by atomic mass is 10.1. The zero-order valence-corrected chi connectivity index (χ0v) is 14.5. The van der Waals surface area contributed by atoms with Crippen molar-refractivity contribution in [2.75, 3.05) is 23.1 Å². The highest BCUT2D eigenvalue weighted by Crippen LogP contribution is 2.15. The lowest BCUT2D eigenvalue weighted by Gasteiger charge is -2.20. The van der Waals surface area contributed by atoms with Gasteiger partial charge in [-0.1, -0.05) is 12.1 Å². The molecular formula is C16H22N6O2. The number of ether oxygens (including phenoxy) is 1. The normalized spacial score (nSPS) is 10.9. The number of anilines is 3. The number of carbonyl (C=O) groups excluding carboxylic acids is 1. The number of carbonyl (C=O) groups is 1. The van der Waals surface area contributed by atoms with Crippen molar-refractivity contribution in [3.8, 4) is 6.01 Å². The van der Waals surface area contributed by atoms with Gasteiger partial charge in [-0.3, -0.25) is 5.32 Å². The maximum atomic E-state index is 12.1. The van der Waals surface area contributed by atoms with Gasteiger partial charge in [-0.15, -0.1) is 0 Å². The number of nitrogens with zero attached hydrogens (tertiary/aromatic N) is 3. The SMILES string of the molecule is COc1nc(NC(=O)Nc2cccc(C)c2)nc(NC(C)(C)C)n1. The first kappa shape index (κ1) is 17.5. The van der Waals surface area contributed by atoms with Crippen LogP contribution in [0.25, 0.3) is 0 Å². The molecular weight excluding hydrogens is 308 g/mol. The van der Waals surface area contributed by atoms with Gasteiger partial charge in [0.2, 0.25) is 11.9 Å². The minimum atomic E-state index is -0.449. The van der Waals surface area contributed by atoms with Gasteiger partial charge < -0.3 is 15.4 Å². The van der Waals surface area contributed by atoms with E-state index in [1.807, 2.05) is 45.9 Å². The van der Waals surface area contributed by atoms with Crippen LogP contribution in [-0.4, -0.2) is 33.6 Å². The van der Waals surface area contributed by atoms with Crippen molar-refractivity contribution in [1.29, 1.82) is 0 Å². The molecule has 0 spiro atoms. The molecule has 8 heteroatoms. The summed E-state index contributed by atoms with van der Waals surface area (Å²) in [6, 6.07) is 7.14. The van der Waals surface area contributed by atoms with Gasteiger partial charge >= 0.3 is 12.0 Å². The van der Waals surface area contributed by atoms with Crippen molar-refractivity contribution in [2.24, 2.45) is 0 Å². The fourth-order valence-electron chi connectivity index (χ4n) is 1.88. The molecule has 0 radical (unpaired) electrons. The Labute approximate surface area is 141 Å². The van der Waals surface area contributed by atoms with Gasteiger partial charge in [-0.25, -0.2) is 4.79 Å². The highest BCUT2D eigenvalue weighted by atomic mass is 16.5. The molecule has 0 aliphatic heterocycles. The molecule has 0 aliphatic rings. The Bertz CT molecular complexity index is 727. The van der Waals surface area contributed by atoms with Gasteiger partial charge in [0.25, 0.3) is 0 Å². The summed E-state index contributed by atoms with van der Waals surface area (Å²) < 4.78 is 5.05. The van der Waals surface area contributed by atoms with Crippen molar-refractivity contribution in [2.45, 2.75) is 33.2 Å². The number of nitrogens with one attached hydrogen (secondary N) is 3. The number of rotatable bonds is 4. The number of hydrogen-bond donors (Lipinski definition) is 3. The van der Waals surface area contributed by atoms with Crippen molar-refractivity contribution in [3.05, 3.63) is 29.8 Å². The van der Waals surface area contributed by atoms with Gasteiger partial charge in [-0.05, 0) is 45.4 Å². The molecule has 0 saturated carbocycles. The second-order valence-electron chi connectivity index (χ2n) is 6.29. The van der Waals surface area contributed by atoms with E-state index >= 15 is 0 Å². The summed E-state index contributed by atoms with van der Waals surface area (Å²) in [7, 11) is 1.45. The molecule has 2 aromatic rings. The fraction of sp³-hybridized carbons (Fsp3) is 0.375. The van der Waals surface area contributed by atoms with E-state index in [-0.39, 0.29) is 17.5 Å². The summed E-state index contributed by atoms with van der Waals surface area (Å²) in [4.78, 5) is 24.4. The number of hydrogen-bond acceptors (Lipinski definition) is 6. The molecule has 1 aromatic heterocycles. The monoisotopic (exact) mass is 330 g/mol. The fourth-order valence-corrected chi connectivity index (χ4v) is 1.88. The van der Waals surface area contributed by atoms with Gasteiger partial charge in [0.15, 0.2) is 0 Å². The van der Waals surface area contributed by atoms with E-state index in [1.165, 1.54) is 7.11 Å². The summed E-state index contributed by atoms with van der Waals surface area (Å²) in [6.45, 7) is 7.87. The third-order valence-electron chi connectivity index (χ3n) is 2.79. The number of benzene rings is 1. The van der Waals surface area contributed by atoms with E-state index in [0.29, 0.717) is 11.6 Å². The molecule has 0 saturated heterocycles. The average molecular weight is 330 g/mol. The van der Waals surface area contributed by atoms with E-state index in [4.69, 9.17) is 4.74 Å². The van der Waals surface area contributed by atoms with E-state index < -0.39 is 6.03 Å². The van der Waals surface area contributed by atoms with Gasteiger partial charge in [0.1, 0.15) is 0 Å². The zero-order chi connectivity index (χ0) is 17.7. The predicted molar refractivity (Wildman–Crippen MR) is 93.6 cm³/mol. The minimum Gasteiger partial charge on any atom is -0.467 e. The first-order valence-electron chi connectivity index (χ1n) is 7.48. The maximum Gasteiger partial charge on any atom is 0.326 e. The largest absolute Gasteiger partial charge is 0.467 e. The average Bonchev–Trinajstić information content (AvgIpc) is 2.44. The molecule has 3 N–H and O–H groups in total. The van der Waals surface area contributed by atoms with Crippen LogP contribution in [0.4, 0.5) is 22.4 Å². The highest BCUT2D eigenvalue weighted by molar-refractivity contribution is 5.98. The second kappa shape index (κ2) is 7.12. The molecule has 2 amide bonds. The van der Waals surface area contributed by atoms with Gasteiger partial charge in [0, 0.05) is 11.2 Å². The summed E-state index contributed by atoms with van der Waals surface area (Å²) in [5.74, 6) is 0.416. The van der Waals surface area contributed by atoms with Crippen LogP contribution in [0.5, 0.6) is 6.01 Å². The summed E-state index contributed by atoms with van der Waals surface area (Å²) in [6.07, 6.45) is 0. The molecule has 8 nitrogen and oxygen atoms in total. The molecule has 0 unspecified atom stereocenters. The second-order valence-corrected chi connectivity index (χ2v) is 6.29. The summed E-state index contributed by atoms with van der Waals surface area (Å²) in [5.41, 5.74) is 1.49. The first-order chi connectivity index (χ1) is 11.2. The third kappa shape index (κ3) is 5.38. The smallest absolute Gasteiger partial charge is 0.326 e. The van der Waals surface area contributed by atoms with Crippen molar-refractivity contribution >= 4 is 23.6 Å². The van der Waals surface area contributed by atoms with Crippen molar-refractivity contribution in [3.63, 3.8) is 0 Å². The predicted octanol–water partition coefficient (Wildman–Crippen LogP) is 3.04. The Hall–Kier alpha value is -2.90. The van der Waals surface area contributed by atoms with Crippen LogP contribution in [0, 0.1) is 6.92 Å².